The smallest absolute Gasteiger partial charge is 0.275 e. The van der Waals surface area contributed by atoms with E-state index in [1.807, 2.05) is 12.1 Å². The molecule has 33 heavy (non-hydrogen) atoms. The average molecular weight is 487 g/mol. The number of halogens is 1. The van der Waals surface area contributed by atoms with E-state index >= 15 is 0 Å². The van der Waals surface area contributed by atoms with Gasteiger partial charge in [-0.3, -0.25) is 9.59 Å². The van der Waals surface area contributed by atoms with Gasteiger partial charge in [-0.15, -0.1) is 0 Å². The van der Waals surface area contributed by atoms with Gasteiger partial charge in [-0.1, -0.05) is 35.1 Å². The van der Waals surface area contributed by atoms with Gasteiger partial charge < -0.3 is 19.5 Å². The predicted molar refractivity (Wildman–Crippen MR) is 125 cm³/mol. The SMILES string of the molecule is COc1cc(C(=O)NCc2cc(=O)n3nc(-c4cccc(Cl)c4)sc3n2)cc(OC)c1OC. The molecule has 0 bridgehead atoms. The molecule has 9 nitrogen and oxygen atoms in total. The molecule has 0 saturated carbocycles. The Morgan fingerprint density at radius 1 is 1.09 bits per heavy atom. The van der Waals surface area contributed by atoms with E-state index < -0.39 is 0 Å². The lowest BCUT2D eigenvalue weighted by Gasteiger charge is -2.14. The molecule has 170 valence electrons. The van der Waals surface area contributed by atoms with Crippen molar-refractivity contribution in [2.24, 2.45) is 0 Å². The lowest BCUT2D eigenvalue weighted by atomic mass is 10.1. The van der Waals surface area contributed by atoms with Crippen molar-refractivity contribution < 1.29 is 19.0 Å². The fourth-order valence-electron chi connectivity index (χ4n) is 3.17. The number of benzene rings is 2. The summed E-state index contributed by atoms with van der Waals surface area (Å²) >= 11 is 7.31. The molecule has 1 amide bonds. The molecule has 0 atom stereocenters. The number of methoxy groups -OCH3 is 3. The Hall–Kier alpha value is -3.63. The summed E-state index contributed by atoms with van der Waals surface area (Å²) in [5, 5.41) is 8.28. The van der Waals surface area contributed by atoms with Crippen molar-refractivity contribution in [1.29, 1.82) is 0 Å². The Labute approximate surface area is 197 Å². The van der Waals surface area contributed by atoms with Crippen molar-refractivity contribution in [2.45, 2.75) is 6.54 Å². The molecule has 2 heterocycles. The monoisotopic (exact) mass is 486 g/mol. The zero-order chi connectivity index (χ0) is 23.5. The van der Waals surface area contributed by atoms with Crippen molar-refractivity contribution in [2.75, 3.05) is 21.3 Å². The highest BCUT2D eigenvalue weighted by Gasteiger charge is 2.17. The lowest BCUT2D eigenvalue weighted by Crippen LogP contribution is -2.25. The maximum Gasteiger partial charge on any atom is 0.275 e. The summed E-state index contributed by atoms with van der Waals surface area (Å²) in [6.45, 7) is 0.0473. The highest BCUT2D eigenvalue weighted by molar-refractivity contribution is 7.19. The van der Waals surface area contributed by atoms with Gasteiger partial charge in [0.2, 0.25) is 10.7 Å². The van der Waals surface area contributed by atoms with Gasteiger partial charge in [0, 0.05) is 22.2 Å². The summed E-state index contributed by atoms with van der Waals surface area (Å²) in [6.07, 6.45) is 0. The van der Waals surface area contributed by atoms with Gasteiger partial charge in [0.25, 0.3) is 11.5 Å². The third-order valence-corrected chi connectivity index (χ3v) is 5.92. The minimum Gasteiger partial charge on any atom is -0.493 e. The third-order valence-electron chi connectivity index (χ3n) is 4.73. The minimum absolute atomic E-state index is 0.0473. The van der Waals surface area contributed by atoms with Crippen molar-refractivity contribution in [1.82, 2.24) is 19.9 Å². The van der Waals surface area contributed by atoms with Gasteiger partial charge in [-0.25, -0.2) is 4.98 Å². The normalized spacial score (nSPS) is 10.8. The number of ether oxygens (including phenoxy) is 3. The number of nitrogens with one attached hydrogen (secondary N) is 1. The van der Waals surface area contributed by atoms with E-state index in [0.29, 0.717) is 43.5 Å². The van der Waals surface area contributed by atoms with Crippen LogP contribution in [0.5, 0.6) is 17.2 Å². The lowest BCUT2D eigenvalue weighted by molar-refractivity contribution is 0.0949. The summed E-state index contributed by atoms with van der Waals surface area (Å²) in [5.41, 5.74) is 1.15. The van der Waals surface area contributed by atoms with Crippen LogP contribution in [-0.4, -0.2) is 41.8 Å². The van der Waals surface area contributed by atoms with Crippen LogP contribution in [0.4, 0.5) is 0 Å². The molecule has 0 aliphatic carbocycles. The molecule has 0 radical (unpaired) electrons. The second-order valence-corrected chi connectivity index (χ2v) is 8.19. The van der Waals surface area contributed by atoms with Gasteiger partial charge in [0.1, 0.15) is 5.01 Å². The number of nitrogens with zero attached hydrogens (tertiary/aromatic N) is 3. The average Bonchev–Trinajstić information content (AvgIpc) is 3.26. The maximum absolute atomic E-state index is 12.7. The van der Waals surface area contributed by atoms with Crippen LogP contribution in [0.3, 0.4) is 0 Å². The van der Waals surface area contributed by atoms with E-state index in [9.17, 15) is 9.59 Å². The first-order valence-electron chi connectivity index (χ1n) is 9.67. The number of fused-ring (bicyclic) bond motifs is 1. The second-order valence-electron chi connectivity index (χ2n) is 6.79. The van der Waals surface area contributed by atoms with Crippen LogP contribution in [0.15, 0.2) is 47.3 Å². The van der Waals surface area contributed by atoms with Crippen LogP contribution in [0.25, 0.3) is 15.5 Å². The van der Waals surface area contributed by atoms with Crippen molar-refractivity contribution in [3.05, 3.63) is 69.1 Å². The number of amides is 1. The summed E-state index contributed by atoms with van der Waals surface area (Å²) in [5.74, 6) is 0.716. The molecule has 0 spiro atoms. The standard InChI is InChI=1S/C22H19ClN4O5S/c1-30-16-8-13(9-17(31-2)19(16)32-3)20(29)24-11-15-10-18(28)27-22(25-15)33-21(26-27)12-5-4-6-14(23)7-12/h4-10H,11H2,1-3H3,(H,24,29). The van der Waals surface area contributed by atoms with Crippen LogP contribution in [-0.2, 0) is 6.54 Å². The van der Waals surface area contributed by atoms with Gasteiger partial charge in [-0.2, -0.15) is 9.61 Å². The number of rotatable bonds is 7. The van der Waals surface area contributed by atoms with Crippen LogP contribution in [0.1, 0.15) is 16.1 Å². The molecule has 0 aliphatic heterocycles. The fourth-order valence-corrected chi connectivity index (χ4v) is 4.28. The van der Waals surface area contributed by atoms with Gasteiger partial charge >= 0.3 is 0 Å². The van der Waals surface area contributed by atoms with E-state index in [1.165, 1.54) is 43.2 Å². The summed E-state index contributed by atoms with van der Waals surface area (Å²) < 4.78 is 17.1. The Morgan fingerprint density at radius 3 is 2.45 bits per heavy atom. The second kappa shape index (κ2) is 9.47. The van der Waals surface area contributed by atoms with E-state index in [-0.39, 0.29) is 18.0 Å². The van der Waals surface area contributed by atoms with Gasteiger partial charge in [-0.05, 0) is 24.3 Å². The quantitative estimate of drug-likeness (QED) is 0.426. The molecule has 0 unspecified atom stereocenters. The number of hydrogen-bond acceptors (Lipinski definition) is 8. The first-order chi connectivity index (χ1) is 15.9. The molecule has 2 aromatic carbocycles. The maximum atomic E-state index is 12.7. The number of aromatic nitrogens is 3. The zero-order valence-corrected chi connectivity index (χ0v) is 19.5. The molecule has 0 aliphatic rings. The predicted octanol–water partition coefficient (Wildman–Crippen LogP) is 3.43. The van der Waals surface area contributed by atoms with E-state index in [4.69, 9.17) is 25.8 Å². The topological polar surface area (TPSA) is 104 Å². The van der Waals surface area contributed by atoms with Crippen molar-refractivity contribution >= 4 is 33.8 Å². The van der Waals surface area contributed by atoms with Gasteiger partial charge in [0.15, 0.2) is 11.5 Å². The summed E-state index contributed by atoms with van der Waals surface area (Å²) in [7, 11) is 4.42. The molecule has 4 aromatic rings. The molecule has 4 rings (SSSR count). The van der Waals surface area contributed by atoms with Crippen LogP contribution >= 0.6 is 22.9 Å². The molecule has 1 N–H and O–H groups in total. The Morgan fingerprint density at radius 2 is 1.82 bits per heavy atom. The Bertz CT molecular complexity index is 1380. The molecule has 11 heteroatoms. The van der Waals surface area contributed by atoms with Crippen LogP contribution in [0.2, 0.25) is 5.02 Å². The highest BCUT2D eigenvalue weighted by Crippen LogP contribution is 2.38. The number of carbonyl (C=O) groups is 1. The van der Waals surface area contributed by atoms with Gasteiger partial charge in [0.05, 0.1) is 33.6 Å². The Kier molecular flexibility index (Phi) is 6.47. The van der Waals surface area contributed by atoms with E-state index in [0.717, 1.165) is 5.56 Å². The van der Waals surface area contributed by atoms with Crippen molar-refractivity contribution in [3.8, 4) is 27.8 Å². The largest absolute Gasteiger partial charge is 0.493 e. The molecular formula is C22H19ClN4O5S. The fraction of sp³-hybridized carbons (Fsp3) is 0.182. The van der Waals surface area contributed by atoms with Crippen molar-refractivity contribution in [3.63, 3.8) is 0 Å². The first kappa shape index (κ1) is 22.6. The Balaban J connectivity index is 1.57. The van der Waals surface area contributed by atoms with Crippen LogP contribution in [0, 0.1) is 0 Å². The van der Waals surface area contributed by atoms with Crippen LogP contribution < -0.4 is 25.1 Å². The van der Waals surface area contributed by atoms with E-state index in [2.05, 4.69) is 15.4 Å². The summed E-state index contributed by atoms with van der Waals surface area (Å²) in [6, 6.07) is 11.6. The van der Waals surface area contributed by atoms with E-state index in [1.54, 1.807) is 24.3 Å². The third kappa shape index (κ3) is 4.62. The molecule has 0 saturated heterocycles. The number of carbonyl (C=O) groups excluding carboxylic acids is 1. The zero-order valence-electron chi connectivity index (χ0n) is 17.9. The molecular weight excluding hydrogens is 468 g/mol. The highest BCUT2D eigenvalue weighted by atomic mass is 35.5. The minimum atomic E-state index is -0.389. The molecule has 2 aromatic heterocycles. The first-order valence-corrected chi connectivity index (χ1v) is 10.9. The summed E-state index contributed by atoms with van der Waals surface area (Å²) in [4.78, 5) is 30.2. The number of hydrogen-bond donors (Lipinski definition) is 1. The molecule has 0 fully saturated rings.